The molecule has 284 valence electrons. The van der Waals surface area contributed by atoms with Crippen LogP contribution in [0.4, 0.5) is 0 Å². The average molecular weight is 703 g/mol. The Morgan fingerprint density at radius 2 is 1.52 bits per heavy atom. The van der Waals surface area contributed by atoms with Crippen LogP contribution >= 0.6 is 0 Å². The Morgan fingerprint density at radius 3 is 2.02 bits per heavy atom. The minimum atomic E-state index is -0.872. The summed E-state index contributed by atoms with van der Waals surface area (Å²) in [4.78, 5) is 58.1. The van der Waals surface area contributed by atoms with Crippen LogP contribution in [0.1, 0.15) is 99.7 Å². The number of aliphatic hydroxyl groups excluding tert-OH is 1. The molecule has 2 rings (SSSR count). The van der Waals surface area contributed by atoms with Crippen LogP contribution in [0, 0.1) is 29.6 Å². The number of carbonyl (C=O) groups excluding carboxylic acids is 4. The number of carbonyl (C=O) groups is 4. The second-order valence-electron chi connectivity index (χ2n) is 15.1. The number of nitrogens with one attached hydrogen (secondary N) is 2. The molecule has 1 aromatic carbocycles. The van der Waals surface area contributed by atoms with Crippen LogP contribution in [0.2, 0.25) is 0 Å². The van der Waals surface area contributed by atoms with Crippen molar-refractivity contribution in [1.29, 1.82) is 0 Å². The highest BCUT2D eigenvalue weighted by Crippen LogP contribution is 2.29. The van der Waals surface area contributed by atoms with Crippen molar-refractivity contribution in [3.63, 3.8) is 0 Å². The van der Waals surface area contributed by atoms with Crippen molar-refractivity contribution >= 4 is 23.6 Å². The minimum Gasteiger partial charge on any atom is -0.386 e. The number of amides is 4. The van der Waals surface area contributed by atoms with Gasteiger partial charge in [0, 0.05) is 33.7 Å². The summed E-state index contributed by atoms with van der Waals surface area (Å²) in [5, 5.41) is 16.8. The monoisotopic (exact) mass is 702 g/mol. The zero-order valence-electron chi connectivity index (χ0n) is 32.6. The van der Waals surface area contributed by atoms with Gasteiger partial charge in [0.25, 0.3) is 0 Å². The summed E-state index contributed by atoms with van der Waals surface area (Å²) in [6.07, 6.45) is 0.116. The molecule has 0 bridgehead atoms. The van der Waals surface area contributed by atoms with Crippen molar-refractivity contribution in [3.05, 3.63) is 35.9 Å². The minimum absolute atomic E-state index is 0.0365. The molecule has 0 aliphatic carbocycles. The first-order valence-electron chi connectivity index (χ1n) is 18.5. The first-order chi connectivity index (χ1) is 23.5. The normalized spacial score (nSPS) is 19.8. The van der Waals surface area contributed by atoms with Gasteiger partial charge in [-0.2, -0.15) is 0 Å². The highest BCUT2D eigenvalue weighted by atomic mass is 16.5. The third-order valence-corrected chi connectivity index (χ3v) is 10.5. The molecular formula is C39H66N4O7. The fourth-order valence-corrected chi connectivity index (χ4v) is 7.52. The Morgan fingerprint density at radius 1 is 0.900 bits per heavy atom. The molecule has 1 aliphatic heterocycles. The lowest BCUT2D eigenvalue weighted by Gasteiger charge is -2.40. The standard InChI is InChI=1S/C39H66N4O7/c1-13-29(23(2)3)38(47)41-33(24(4)5)39(48)42(10)34(25(6)7)31(49-11)22-32(44)43-21-17-20-30(43)36(50-12)26(8)37(46)40-27(9)35(45)28-18-15-14-16-19-28/h14-16,18-19,23-27,29-31,33-36,45H,13,17,20-22H2,1-12H3,(H,40,46)(H,41,47)/t26-,27-,29+,30+,31-,33+,34+,35?,36-/m0/s1. The molecule has 0 spiro atoms. The number of hydrogen-bond acceptors (Lipinski definition) is 7. The summed E-state index contributed by atoms with van der Waals surface area (Å²) >= 11 is 0. The molecule has 1 unspecified atom stereocenters. The van der Waals surface area contributed by atoms with E-state index in [2.05, 4.69) is 10.6 Å². The molecule has 3 N–H and O–H groups in total. The summed E-state index contributed by atoms with van der Waals surface area (Å²) in [5.74, 6) is -1.58. The lowest BCUT2D eigenvalue weighted by atomic mass is 9.90. The van der Waals surface area contributed by atoms with E-state index < -0.39 is 42.4 Å². The van der Waals surface area contributed by atoms with Gasteiger partial charge in [-0.25, -0.2) is 0 Å². The van der Waals surface area contributed by atoms with Gasteiger partial charge in [0.05, 0.1) is 48.8 Å². The van der Waals surface area contributed by atoms with E-state index in [-0.39, 0.29) is 59.8 Å². The third-order valence-electron chi connectivity index (χ3n) is 10.5. The van der Waals surface area contributed by atoms with Gasteiger partial charge < -0.3 is 35.0 Å². The van der Waals surface area contributed by atoms with Crippen molar-refractivity contribution in [1.82, 2.24) is 20.4 Å². The Labute approximate surface area is 301 Å². The van der Waals surface area contributed by atoms with E-state index in [0.29, 0.717) is 24.9 Å². The molecular weight excluding hydrogens is 636 g/mol. The smallest absolute Gasteiger partial charge is 0.245 e. The molecule has 0 aromatic heterocycles. The van der Waals surface area contributed by atoms with Crippen LogP contribution in [0.5, 0.6) is 0 Å². The highest BCUT2D eigenvalue weighted by molar-refractivity contribution is 5.89. The lowest BCUT2D eigenvalue weighted by Crippen LogP contribution is -2.58. The topological polar surface area (TPSA) is 138 Å². The number of benzene rings is 1. The van der Waals surface area contributed by atoms with Gasteiger partial charge in [0.15, 0.2) is 0 Å². The van der Waals surface area contributed by atoms with Crippen LogP contribution in [-0.4, -0.2) is 103 Å². The van der Waals surface area contributed by atoms with Crippen LogP contribution in [-0.2, 0) is 28.7 Å². The zero-order valence-corrected chi connectivity index (χ0v) is 32.6. The molecule has 1 saturated heterocycles. The predicted molar refractivity (Wildman–Crippen MR) is 196 cm³/mol. The van der Waals surface area contributed by atoms with Crippen molar-refractivity contribution in [2.24, 2.45) is 29.6 Å². The predicted octanol–water partition coefficient (Wildman–Crippen LogP) is 4.58. The maximum absolute atomic E-state index is 14.0. The van der Waals surface area contributed by atoms with Crippen molar-refractivity contribution in [2.45, 2.75) is 130 Å². The summed E-state index contributed by atoms with van der Waals surface area (Å²) < 4.78 is 11.8. The fourth-order valence-electron chi connectivity index (χ4n) is 7.52. The molecule has 11 heteroatoms. The van der Waals surface area contributed by atoms with Crippen LogP contribution in [0.25, 0.3) is 0 Å². The highest BCUT2D eigenvalue weighted by Gasteiger charge is 2.43. The SMILES string of the molecule is CC[C@@H](C(=O)N[C@@H](C(=O)N(C)[C@H](C(C)C)[C@H](CC(=O)N1CCC[C@@H]1[C@@H](OC)[C@H](C)C(=O)N[C@@H](C)C(O)c1ccccc1)OC)C(C)C)C(C)C. The second-order valence-corrected chi connectivity index (χ2v) is 15.1. The van der Waals surface area contributed by atoms with Crippen molar-refractivity contribution in [2.75, 3.05) is 27.8 Å². The summed E-state index contributed by atoms with van der Waals surface area (Å²) in [6, 6.07) is 7.16. The summed E-state index contributed by atoms with van der Waals surface area (Å²) in [7, 11) is 4.83. The molecule has 50 heavy (non-hydrogen) atoms. The first-order valence-corrected chi connectivity index (χ1v) is 18.5. The maximum atomic E-state index is 14.0. The van der Waals surface area contributed by atoms with E-state index in [1.807, 2.05) is 78.8 Å². The number of rotatable bonds is 19. The molecule has 1 fully saturated rings. The van der Waals surface area contributed by atoms with E-state index in [1.165, 1.54) is 0 Å². The Hall–Kier alpha value is -3.02. The number of likely N-dealkylation sites (tertiary alicyclic amines) is 1. The van der Waals surface area contributed by atoms with Crippen LogP contribution in [0.15, 0.2) is 30.3 Å². The maximum Gasteiger partial charge on any atom is 0.245 e. The van der Waals surface area contributed by atoms with Gasteiger partial charge >= 0.3 is 0 Å². The Bertz CT molecular complexity index is 1230. The molecule has 1 heterocycles. The van der Waals surface area contributed by atoms with E-state index >= 15 is 0 Å². The van der Waals surface area contributed by atoms with Gasteiger partial charge in [-0.3, -0.25) is 19.2 Å². The quantitative estimate of drug-likeness (QED) is 0.192. The van der Waals surface area contributed by atoms with Gasteiger partial charge in [-0.05, 0) is 49.5 Å². The Kier molecular flexibility index (Phi) is 17.4. The molecule has 0 saturated carbocycles. The van der Waals surface area contributed by atoms with Crippen molar-refractivity contribution < 1.29 is 33.8 Å². The van der Waals surface area contributed by atoms with E-state index in [9.17, 15) is 24.3 Å². The summed E-state index contributed by atoms with van der Waals surface area (Å²) in [6.45, 7) is 17.9. The van der Waals surface area contributed by atoms with Gasteiger partial charge in [0.2, 0.25) is 23.6 Å². The molecule has 1 aliphatic rings. The molecule has 0 radical (unpaired) electrons. The largest absolute Gasteiger partial charge is 0.386 e. The number of aliphatic hydroxyl groups is 1. The second kappa shape index (κ2) is 20.1. The number of nitrogens with zero attached hydrogens (tertiary/aromatic N) is 2. The number of hydrogen-bond donors (Lipinski definition) is 3. The van der Waals surface area contributed by atoms with E-state index in [0.717, 1.165) is 6.42 Å². The fraction of sp³-hybridized carbons (Fsp3) is 0.744. The zero-order chi connectivity index (χ0) is 37.9. The van der Waals surface area contributed by atoms with Gasteiger partial charge in [-0.15, -0.1) is 0 Å². The average Bonchev–Trinajstić information content (AvgIpc) is 3.56. The van der Waals surface area contributed by atoms with Crippen molar-refractivity contribution in [3.8, 4) is 0 Å². The van der Waals surface area contributed by atoms with Crippen LogP contribution < -0.4 is 10.6 Å². The van der Waals surface area contributed by atoms with Gasteiger partial charge in [0.1, 0.15) is 6.04 Å². The number of methoxy groups -OCH3 is 2. The lowest BCUT2D eigenvalue weighted by molar-refractivity contribution is -0.147. The first kappa shape index (κ1) is 43.1. The van der Waals surface area contributed by atoms with E-state index in [1.54, 1.807) is 44.9 Å². The molecule has 11 nitrogen and oxygen atoms in total. The number of ether oxygens (including phenoxy) is 2. The Balaban J connectivity index is 2.20. The van der Waals surface area contributed by atoms with E-state index in [4.69, 9.17) is 9.47 Å². The molecule has 4 amide bonds. The van der Waals surface area contributed by atoms with Crippen LogP contribution in [0.3, 0.4) is 0 Å². The summed E-state index contributed by atoms with van der Waals surface area (Å²) in [5.41, 5.74) is 0.712. The molecule has 1 aromatic rings. The molecule has 9 atom stereocenters. The number of likely N-dealkylation sites (N-methyl/N-ethyl adjacent to an activating group) is 1. The van der Waals surface area contributed by atoms with Gasteiger partial charge in [-0.1, -0.05) is 85.7 Å². The third kappa shape index (κ3) is 11.0.